The van der Waals surface area contributed by atoms with Crippen molar-refractivity contribution in [2.24, 2.45) is 14.1 Å². The molecule has 2 aromatic heterocycles. The van der Waals surface area contributed by atoms with Gasteiger partial charge in [-0.1, -0.05) is 12.1 Å². The van der Waals surface area contributed by atoms with E-state index in [1.54, 1.807) is 32.3 Å². The van der Waals surface area contributed by atoms with Crippen LogP contribution in [-0.2, 0) is 14.1 Å². The fourth-order valence-corrected chi connectivity index (χ4v) is 2.61. The normalized spacial score (nSPS) is 11.4. The molecule has 0 atom stereocenters. The van der Waals surface area contributed by atoms with Crippen molar-refractivity contribution in [3.05, 3.63) is 70.9 Å². The molecule has 128 valence electrons. The summed E-state index contributed by atoms with van der Waals surface area (Å²) in [6.45, 7) is 0. The maximum Gasteiger partial charge on any atom is 0.357 e. The molecule has 2 N–H and O–H groups in total. The lowest BCUT2D eigenvalue weighted by atomic mass is 10.1. The standard InChI is InChI=1S/C15H13N5O5/c1-18-10-6-4-8(7-11(10)19(2)15(18)23)3-5-9-12(20(24)25)13(21)17-14(22)16-9/h3-7H,1-2H3,(H2,16,17,21,22). The molecule has 0 amide bonds. The number of aryl methyl sites for hydroxylation is 2. The molecule has 10 heteroatoms. The quantitative estimate of drug-likeness (QED) is 0.522. The van der Waals surface area contributed by atoms with Gasteiger partial charge in [0, 0.05) is 14.1 Å². The molecule has 3 aromatic rings. The van der Waals surface area contributed by atoms with Crippen molar-refractivity contribution in [2.75, 3.05) is 0 Å². The van der Waals surface area contributed by atoms with E-state index in [1.807, 2.05) is 4.98 Å². The van der Waals surface area contributed by atoms with Gasteiger partial charge in [0.1, 0.15) is 5.69 Å². The number of nitrogens with one attached hydrogen (secondary N) is 2. The van der Waals surface area contributed by atoms with Gasteiger partial charge in [-0.05, 0) is 23.8 Å². The lowest BCUT2D eigenvalue weighted by molar-refractivity contribution is -0.386. The van der Waals surface area contributed by atoms with Gasteiger partial charge in [-0.15, -0.1) is 0 Å². The average Bonchev–Trinajstić information content (AvgIpc) is 2.76. The topological polar surface area (TPSA) is 136 Å². The molecule has 0 saturated heterocycles. The molecule has 0 aliphatic rings. The zero-order valence-corrected chi connectivity index (χ0v) is 13.3. The van der Waals surface area contributed by atoms with E-state index in [0.717, 1.165) is 5.52 Å². The van der Waals surface area contributed by atoms with Crippen LogP contribution in [0.3, 0.4) is 0 Å². The van der Waals surface area contributed by atoms with Crippen LogP contribution in [0.4, 0.5) is 5.69 Å². The van der Waals surface area contributed by atoms with Crippen molar-refractivity contribution < 1.29 is 4.92 Å². The Kier molecular flexibility index (Phi) is 3.72. The second kappa shape index (κ2) is 5.74. The highest BCUT2D eigenvalue weighted by Crippen LogP contribution is 2.17. The molecule has 0 radical (unpaired) electrons. The predicted molar refractivity (Wildman–Crippen MR) is 91.4 cm³/mol. The molecule has 0 aliphatic carbocycles. The van der Waals surface area contributed by atoms with Crippen molar-refractivity contribution in [2.45, 2.75) is 0 Å². The first-order valence-electron chi connectivity index (χ1n) is 7.14. The fraction of sp³-hybridized carbons (Fsp3) is 0.133. The summed E-state index contributed by atoms with van der Waals surface area (Å²) in [6, 6.07) is 5.19. The smallest absolute Gasteiger partial charge is 0.301 e. The van der Waals surface area contributed by atoms with Crippen LogP contribution in [0.15, 0.2) is 32.6 Å². The number of H-pyrrole nitrogens is 2. The number of hydrogen-bond acceptors (Lipinski definition) is 5. The van der Waals surface area contributed by atoms with Gasteiger partial charge in [0.05, 0.1) is 16.0 Å². The summed E-state index contributed by atoms with van der Waals surface area (Å²) < 4.78 is 2.98. The van der Waals surface area contributed by atoms with Gasteiger partial charge in [-0.25, -0.2) is 9.59 Å². The van der Waals surface area contributed by atoms with Crippen molar-refractivity contribution in [1.82, 2.24) is 19.1 Å². The number of aromatic amines is 2. The number of nitro groups is 1. The molecule has 2 heterocycles. The van der Waals surface area contributed by atoms with E-state index in [4.69, 9.17) is 0 Å². The molecule has 0 fully saturated rings. The van der Waals surface area contributed by atoms with Crippen molar-refractivity contribution in [1.29, 1.82) is 0 Å². The van der Waals surface area contributed by atoms with Gasteiger partial charge in [0.15, 0.2) is 0 Å². The minimum atomic E-state index is -1.07. The maximum atomic E-state index is 11.9. The highest BCUT2D eigenvalue weighted by Gasteiger charge is 2.18. The van der Waals surface area contributed by atoms with E-state index in [9.17, 15) is 24.5 Å². The van der Waals surface area contributed by atoms with Crippen LogP contribution >= 0.6 is 0 Å². The average molecular weight is 343 g/mol. The summed E-state index contributed by atoms with van der Waals surface area (Å²) in [7, 11) is 3.29. The summed E-state index contributed by atoms with van der Waals surface area (Å²) >= 11 is 0. The number of aromatic nitrogens is 4. The van der Waals surface area contributed by atoms with E-state index >= 15 is 0 Å². The molecule has 0 unspecified atom stereocenters. The maximum absolute atomic E-state index is 11.9. The molecule has 1 aromatic carbocycles. The van der Waals surface area contributed by atoms with Gasteiger partial charge in [0.25, 0.3) is 0 Å². The van der Waals surface area contributed by atoms with Crippen LogP contribution in [0.25, 0.3) is 23.2 Å². The van der Waals surface area contributed by atoms with Crippen molar-refractivity contribution in [3.63, 3.8) is 0 Å². The largest absolute Gasteiger partial charge is 0.357 e. The minimum absolute atomic E-state index is 0.175. The van der Waals surface area contributed by atoms with Crippen LogP contribution < -0.4 is 16.9 Å². The van der Waals surface area contributed by atoms with E-state index in [0.29, 0.717) is 11.1 Å². The molecule has 10 nitrogen and oxygen atoms in total. The SMILES string of the molecule is Cn1c(=O)n(C)c2cc(C=Cc3[nH]c(=O)[nH]c(=O)c3[N+](=O)[O-])ccc21. The van der Waals surface area contributed by atoms with E-state index in [-0.39, 0.29) is 11.4 Å². The molecule has 0 bridgehead atoms. The third kappa shape index (κ3) is 2.69. The molecular weight excluding hydrogens is 330 g/mol. The third-order valence-corrected chi connectivity index (χ3v) is 3.87. The highest BCUT2D eigenvalue weighted by atomic mass is 16.6. The molecule has 0 spiro atoms. The zero-order chi connectivity index (χ0) is 18.3. The predicted octanol–water partition coefficient (Wildman–Crippen LogP) is 0.332. The molecule has 0 saturated carbocycles. The monoisotopic (exact) mass is 343 g/mol. The van der Waals surface area contributed by atoms with Crippen LogP contribution in [0, 0.1) is 10.1 Å². The van der Waals surface area contributed by atoms with Gasteiger partial charge >= 0.3 is 22.6 Å². The summed E-state index contributed by atoms with van der Waals surface area (Å²) in [6.07, 6.45) is 2.78. The second-order valence-corrected chi connectivity index (χ2v) is 5.41. The lowest BCUT2D eigenvalue weighted by Gasteiger charge is -1.99. The van der Waals surface area contributed by atoms with Crippen molar-refractivity contribution in [3.8, 4) is 0 Å². The fourth-order valence-electron chi connectivity index (χ4n) is 2.61. The number of hydrogen-bond donors (Lipinski definition) is 2. The van der Waals surface area contributed by atoms with Crippen LogP contribution in [-0.4, -0.2) is 24.0 Å². The Morgan fingerprint density at radius 1 is 1.04 bits per heavy atom. The van der Waals surface area contributed by atoms with Crippen LogP contribution in [0.2, 0.25) is 0 Å². The van der Waals surface area contributed by atoms with Crippen LogP contribution in [0.1, 0.15) is 11.3 Å². The zero-order valence-electron chi connectivity index (χ0n) is 13.3. The van der Waals surface area contributed by atoms with Gasteiger partial charge in [-0.3, -0.25) is 29.0 Å². The van der Waals surface area contributed by atoms with Gasteiger partial charge in [0.2, 0.25) is 0 Å². The molecule has 3 rings (SSSR count). The Bertz CT molecular complexity index is 1210. The second-order valence-electron chi connectivity index (χ2n) is 5.41. The summed E-state index contributed by atoms with van der Waals surface area (Å²) in [5, 5.41) is 11.0. The van der Waals surface area contributed by atoms with Crippen molar-refractivity contribution >= 4 is 28.9 Å². The van der Waals surface area contributed by atoms with E-state index < -0.39 is 21.9 Å². The number of imidazole rings is 1. The Labute approximate surface area is 138 Å². The number of nitrogens with zero attached hydrogens (tertiary/aromatic N) is 3. The number of fused-ring (bicyclic) bond motifs is 1. The first-order valence-corrected chi connectivity index (χ1v) is 7.14. The number of benzene rings is 1. The third-order valence-electron chi connectivity index (χ3n) is 3.87. The summed E-state index contributed by atoms with van der Waals surface area (Å²) in [5.74, 6) is 0. The summed E-state index contributed by atoms with van der Waals surface area (Å²) in [5.41, 5.74) is -0.978. The molecule has 0 aliphatic heterocycles. The highest BCUT2D eigenvalue weighted by molar-refractivity contribution is 5.81. The Morgan fingerprint density at radius 3 is 2.40 bits per heavy atom. The van der Waals surface area contributed by atoms with Gasteiger partial charge in [-0.2, -0.15) is 0 Å². The first kappa shape index (κ1) is 16.2. The Morgan fingerprint density at radius 2 is 1.72 bits per heavy atom. The van der Waals surface area contributed by atoms with Crippen LogP contribution in [0.5, 0.6) is 0 Å². The van der Waals surface area contributed by atoms with Gasteiger partial charge < -0.3 is 4.98 Å². The van der Waals surface area contributed by atoms with E-state index in [1.165, 1.54) is 21.3 Å². The lowest BCUT2D eigenvalue weighted by Crippen LogP contribution is -2.25. The minimum Gasteiger partial charge on any atom is -0.301 e. The Hall–Kier alpha value is -3.69. The Balaban J connectivity index is 2.12. The van der Waals surface area contributed by atoms with E-state index in [2.05, 4.69) is 4.98 Å². The molecular formula is C15H13N5O5. The summed E-state index contributed by atoms with van der Waals surface area (Å²) in [4.78, 5) is 49.1. The molecule has 25 heavy (non-hydrogen) atoms. The first-order chi connectivity index (χ1) is 11.8. The number of rotatable bonds is 3.